The topological polar surface area (TPSA) is 64.4 Å². The van der Waals surface area contributed by atoms with Crippen LogP contribution >= 0.6 is 0 Å². The van der Waals surface area contributed by atoms with Crippen LogP contribution in [-0.4, -0.2) is 18.3 Å². The molecule has 5 heteroatoms. The molecule has 0 bridgehead atoms. The van der Waals surface area contributed by atoms with E-state index in [0.717, 1.165) is 5.39 Å². The van der Waals surface area contributed by atoms with Gasteiger partial charge < -0.3 is 14.6 Å². The van der Waals surface area contributed by atoms with E-state index in [-0.39, 0.29) is 0 Å². The number of carbonyl (C=O) groups excluding carboxylic acids is 1. The van der Waals surface area contributed by atoms with Crippen LogP contribution in [0.4, 0.5) is 4.79 Å². The second-order valence-corrected chi connectivity index (χ2v) is 2.66. The van der Waals surface area contributed by atoms with Crippen molar-refractivity contribution >= 4 is 17.1 Å². The Morgan fingerprint density at radius 3 is 3.21 bits per heavy atom. The Morgan fingerprint density at radius 2 is 2.43 bits per heavy atom. The predicted octanol–water partition coefficient (Wildman–Crippen LogP) is 1.55. The third kappa shape index (κ3) is 1.52. The van der Waals surface area contributed by atoms with Gasteiger partial charge in [0.25, 0.3) is 0 Å². The maximum atomic E-state index is 10.9. The van der Waals surface area contributed by atoms with Crippen LogP contribution in [0.5, 0.6) is 5.75 Å². The fourth-order valence-corrected chi connectivity index (χ4v) is 1.06. The van der Waals surface area contributed by atoms with Gasteiger partial charge in [0.15, 0.2) is 5.58 Å². The molecule has 14 heavy (non-hydrogen) atoms. The van der Waals surface area contributed by atoms with E-state index in [2.05, 4.69) is 10.5 Å². The number of benzene rings is 1. The number of fused-ring (bicyclic) bond motifs is 1. The molecular formula is C9H8N2O3. The quantitative estimate of drug-likeness (QED) is 0.744. The van der Waals surface area contributed by atoms with Gasteiger partial charge in [-0.15, -0.1) is 0 Å². The van der Waals surface area contributed by atoms with E-state index in [1.165, 1.54) is 7.05 Å². The Bertz CT molecular complexity index is 464. The van der Waals surface area contributed by atoms with Crippen molar-refractivity contribution in [3.05, 3.63) is 24.4 Å². The summed E-state index contributed by atoms with van der Waals surface area (Å²) in [6, 6.07) is 5.05. The van der Waals surface area contributed by atoms with Crippen LogP contribution in [0.1, 0.15) is 0 Å². The number of rotatable bonds is 1. The summed E-state index contributed by atoms with van der Waals surface area (Å²) < 4.78 is 9.82. The highest BCUT2D eigenvalue weighted by Gasteiger charge is 2.04. The lowest BCUT2D eigenvalue weighted by Gasteiger charge is -2.01. The first-order valence-electron chi connectivity index (χ1n) is 4.03. The van der Waals surface area contributed by atoms with E-state index < -0.39 is 6.09 Å². The van der Waals surface area contributed by atoms with Crippen molar-refractivity contribution in [1.29, 1.82) is 0 Å². The molecule has 72 valence electrons. The van der Waals surface area contributed by atoms with Crippen LogP contribution in [0.25, 0.3) is 11.0 Å². The number of hydrogen-bond acceptors (Lipinski definition) is 4. The summed E-state index contributed by atoms with van der Waals surface area (Å²) in [6.45, 7) is 0. The van der Waals surface area contributed by atoms with E-state index in [4.69, 9.17) is 9.26 Å². The van der Waals surface area contributed by atoms with Crippen molar-refractivity contribution in [2.24, 2.45) is 0 Å². The minimum absolute atomic E-state index is 0.425. The van der Waals surface area contributed by atoms with Gasteiger partial charge >= 0.3 is 6.09 Å². The van der Waals surface area contributed by atoms with Crippen LogP contribution in [-0.2, 0) is 0 Å². The first-order valence-corrected chi connectivity index (χ1v) is 4.03. The van der Waals surface area contributed by atoms with Gasteiger partial charge in [-0.05, 0) is 12.1 Å². The average Bonchev–Trinajstić information content (AvgIpc) is 2.64. The van der Waals surface area contributed by atoms with Gasteiger partial charge in [0.05, 0.1) is 6.20 Å². The summed E-state index contributed by atoms with van der Waals surface area (Å²) in [7, 11) is 1.50. The molecule has 1 heterocycles. The molecule has 5 nitrogen and oxygen atoms in total. The third-order valence-corrected chi connectivity index (χ3v) is 1.74. The van der Waals surface area contributed by atoms with Crippen molar-refractivity contribution in [2.75, 3.05) is 7.05 Å². The minimum atomic E-state index is -0.510. The van der Waals surface area contributed by atoms with E-state index >= 15 is 0 Å². The summed E-state index contributed by atoms with van der Waals surface area (Å²) in [5.74, 6) is 0.425. The summed E-state index contributed by atoms with van der Waals surface area (Å²) in [5, 5.41) is 6.83. The molecule has 0 spiro atoms. The van der Waals surface area contributed by atoms with Gasteiger partial charge in [0.2, 0.25) is 0 Å². The monoisotopic (exact) mass is 192 g/mol. The normalized spacial score (nSPS) is 10.1. The van der Waals surface area contributed by atoms with Crippen LogP contribution in [0, 0.1) is 0 Å². The molecule has 0 aliphatic rings. The van der Waals surface area contributed by atoms with Crippen LogP contribution < -0.4 is 10.1 Å². The number of amides is 1. The van der Waals surface area contributed by atoms with Gasteiger partial charge in [-0.2, -0.15) is 0 Å². The third-order valence-electron chi connectivity index (χ3n) is 1.74. The standard InChI is InChI=1S/C9H8N2O3/c1-10-9(12)13-7-3-2-6-5-11-14-8(6)4-7/h2-5H,1H3,(H,10,12). The molecular weight excluding hydrogens is 184 g/mol. The Hall–Kier alpha value is -2.04. The average molecular weight is 192 g/mol. The molecule has 1 aromatic heterocycles. The lowest BCUT2D eigenvalue weighted by molar-refractivity contribution is 0.203. The summed E-state index contributed by atoms with van der Waals surface area (Å²) >= 11 is 0. The van der Waals surface area contributed by atoms with E-state index in [0.29, 0.717) is 11.3 Å². The van der Waals surface area contributed by atoms with Gasteiger partial charge in [0.1, 0.15) is 5.75 Å². The zero-order valence-corrected chi connectivity index (χ0v) is 7.48. The zero-order valence-electron chi connectivity index (χ0n) is 7.48. The predicted molar refractivity (Wildman–Crippen MR) is 49.1 cm³/mol. The number of hydrogen-bond donors (Lipinski definition) is 1. The van der Waals surface area contributed by atoms with Crippen molar-refractivity contribution in [3.8, 4) is 5.75 Å². The number of nitrogens with one attached hydrogen (secondary N) is 1. The first-order chi connectivity index (χ1) is 6.79. The van der Waals surface area contributed by atoms with E-state index in [1.54, 1.807) is 24.4 Å². The minimum Gasteiger partial charge on any atom is -0.410 e. The Balaban J connectivity index is 2.30. The molecule has 2 rings (SSSR count). The van der Waals surface area contributed by atoms with Gasteiger partial charge in [-0.1, -0.05) is 5.16 Å². The molecule has 0 aliphatic carbocycles. The highest BCUT2D eigenvalue weighted by molar-refractivity contribution is 5.79. The maximum Gasteiger partial charge on any atom is 0.412 e. The van der Waals surface area contributed by atoms with Crippen LogP contribution in [0.15, 0.2) is 28.9 Å². The second-order valence-electron chi connectivity index (χ2n) is 2.66. The number of carbonyl (C=O) groups is 1. The van der Waals surface area contributed by atoms with Gasteiger partial charge in [-0.3, -0.25) is 0 Å². The molecule has 0 radical (unpaired) electrons. The molecule has 1 amide bonds. The summed E-state index contributed by atoms with van der Waals surface area (Å²) in [5.41, 5.74) is 0.589. The molecule has 0 fully saturated rings. The zero-order chi connectivity index (χ0) is 9.97. The fourth-order valence-electron chi connectivity index (χ4n) is 1.06. The number of nitrogens with zero attached hydrogens (tertiary/aromatic N) is 1. The lowest BCUT2D eigenvalue weighted by atomic mass is 10.2. The second kappa shape index (κ2) is 3.37. The highest BCUT2D eigenvalue weighted by Crippen LogP contribution is 2.20. The smallest absolute Gasteiger partial charge is 0.410 e. The van der Waals surface area contributed by atoms with Crippen molar-refractivity contribution < 1.29 is 14.1 Å². The lowest BCUT2D eigenvalue weighted by Crippen LogP contribution is -2.21. The molecule has 0 atom stereocenters. The molecule has 0 saturated heterocycles. The highest BCUT2D eigenvalue weighted by atomic mass is 16.6. The molecule has 1 aromatic carbocycles. The molecule has 2 aromatic rings. The Kier molecular flexibility index (Phi) is 2.06. The number of ether oxygens (including phenoxy) is 1. The SMILES string of the molecule is CNC(=O)Oc1ccc2cnoc2c1. The molecule has 0 unspecified atom stereocenters. The maximum absolute atomic E-state index is 10.9. The Morgan fingerprint density at radius 1 is 1.57 bits per heavy atom. The van der Waals surface area contributed by atoms with Crippen molar-refractivity contribution in [2.45, 2.75) is 0 Å². The summed E-state index contributed by atoms with van der Waals surface area (Å²) in [6.07, 6.45) is 1.09. The largest absolute Gasteiger partial charge is 0.412 e. The summed E-state index contributed by atoms with van der Waals surface area (Å²) in [4.78, 5) is 10.9. The van der Waals surface area contributed by atoms with E-state index in [9.17, 15) is 4.79 Å². The molecule has 0 saturated carbocycles. The first kappa shape index (κ1) is 8.55. The Labute approximate surface area is 79.6 Å². The number of aromatic nitrogens is 1. The molecule has 0 aliphatic heterocycles. The van der Waals surface area contributed by atoms with Crippen molar-refractivity contribution in [3.63, 3.8) is 0 Å². The molecule has 1 N–H and O–H groups in total. The fraction of sp³-hybridized carbons (Fsp3) is 0.111. The van der Waals surface area contributed by atoms with E-state index in [1.807, 2.05) is 0 Å². The van der Waals surface area contributed by atoms with Crippen LogP contribution in [0.2, 0.25) is 0 Å². The van der Waals surface area contributed by atoms with Gasteiger partial charge in [-0.25, -0.2) is 4.79 Å². The van der Waals surface area contributed by atoms with Gasteiger partial charge in [0, 0.05) is 18.5 Å². The van der Waals surface area contributed by atoms with Crippen LogP contribution in [0.3, 0.4) is 0 Å². The van der Waals surface area contributed by atoms with Crippen molar-refractivity contribution in [1.82, 2.24) is 10.5 Å².